The number of hydrogen-bond acceptors (Lipinski definition) is 4. The molecule has 1 aromatic carbocycles. The van der Waals surface area contributed by atoms with Gasteiger partial charge >= 0.3 is 6.03 Å². The van der Waals surface area contributed by atoms with Crippen molar-refractivity contribution in [1.82, 2.24) is 10.2 Å². The van der Waals surface area contributed by atoms with Gasteiger partial charge in [0.1, 0.15) is 11.8 Å². The SMILES string of the molecule is COc1ccc(CN2C(=O)CNC2=O)cc1C#N. The van der Waals surface area contributed by atoms with Crippen molar-refractivity contribution in [2.45, 2.75) is 6.54 Å². The second-order valence-corrected chi connectivity index (χ2v) is 3.79. The van der Waals surface area contributed by atoms with Crippen LogP contribution in [0.3, 0.4) is 0 Å². The van der Waals surface area contributed by atoms with Crippen LogP contribution in [0.25, 0.3) is 0 Å². The maximum Gasteiger partial charge on any atom is 0.324 e. The second kappa shape index (κ2) is 4.75. The number of hydrogen-bond donors (Lipinski definition) is 1. The third kappa shape index (κ3) is 2.11. The first kappa shape index (κ1) is 11.9. The Bertz CT molecular complexity index is 532. The van der Waals surface area contributed by atoms with Gasteiger partial charge in [-0.05, 0) is 17.7 Å². The maximum atomic E-state index is 11.4. The van der Waals surface area contributed by atoms with Crippen molar-refractivity contribution in [2.24, 2.45) is 0 Å². The molecule has 1 aliphatic rings. The van der Waals surface area contributed by atoms with Gasteiger partial charge in [-0.25, -0.2) is 4.79 Å². The van der Waals surface area contributed by atoms with Crippen molar-refractivity contribution in [1.29, 1.82) is 5.26 Å². The highest BCUT2D eigenvalue weighted by Crippen LogP contribution is 2.20. The number of rotatable bonds is 3. The van der Waals surface area contributed by atoms with E-state index < -0.39 is 6.03 Å². The average Bonchev–Trinajstić information content (AvgIpc) is 2.70. The van der Waals surface area contributed by atoms with Crippen LogP contribution in [0.4, 0.5) is 4.79 Å². The molecule has 0 spiro atoms. The molecule has 92 valence electrons. The van der Waals surface area contributed by atoms with Gasteiger partial charge in [0.05, 0.1) is 25.8 Å². The summed E-state index contributed by atoms with van der Waals surface area (Å²) < 4.78 is 5.02. The van der Waals surface area contributed by atoms with Gasteiger partial charge in [0.15, 0.2) is 0 Å². The molecule has 0 atom stereocenters. The van der Waals surface area contributed by atoms with Crippen LogP contribution in [-0.4, -0.2) is 30.5 Å². The first-order chi connectivity index (χ1) is 8.65. The topological polar surface area (TPSA) is 82.4 Å². The van der Waals surface area contributed by atoms with Crippen LogP contribution in [0.5, 0.6) is 5.75 Å². The first-order valence-corrected chi connectivity index (χ1v) is 5.31. The van der Waals surface area contributed by atoms with Gasteiger partial charge in [-0.2, -0.15) is 5.26 Å². The van der Waals surface area contributed by atoms with Crippen LogP contribution in [0.2, 0.25) is 0 Å². The zero-order chi connectivity index (χ0) is 13.1. The molecule has 1 aliphatic heterocycles. The maximum absolute atomic E-state index is 11.4. The lowest BCUT2D eigenvalue weighted by atomic mass is 10.1. The van der Waals surface area contributed by atoms with Crippen molar-refractivity contribution >= 4 is 11.9 Å². The minimum atomic E-state index is -0.408. The van der Waals surface area contributed by atoms with Crippen molar-refractivity contribution in [3.63, 3.8) is 0 Å². The third-order valence-corrected chi connectivity index (χ3v) is 2.66. The van der Waals surface area contributed by atoms with E-state index in [2.05, 4.69) is 5.32 Å². The number of imide groups is 1. The number of methoxy groups -OCH3 is 1. The Morgan fingerprint density at radius 2 is 2.28 bits per heavy atom. The second-order valence-electron chi connectivity index (χ2n) is 3.79. The standard InChI is InChI=1S/C12H11N3O3/c1-18-10-3-2-8(4-9(10)5-13)7-15-11(16)6-14-12(15)17/h2-4H,6-7H2,1H3,(H,14,17). The Morgan fingerprint density at radius 3 is 2.83 bits per heavy atom. The van der Waals surface area contributed by atoms with E-state index in [0.29, 0.717) is 16.9 Å². The molecule has 18 heavy (non-hydrogen) atoms. The van der Waals surface area contributed by atoms with E-state index in [4.69, 9.17) is 10.00 Å². The fourth-order valence-corrected chi connectivity index (χ4v) is 1.74. The summed E-state index contributed by atoms with van der Waals surface area (Å²) >= 11 is 0. The number of nitrogens with one attached hydrogen (secondary N) is 1. The predicted molar refractivity (Wildman–Crippen MR) is 61.7 cm³/mol. The third-order valence-electron chi connectivity index (χ3n) is 2.66. The van der Waals surface area contributed by atoms with Gasteiger partial charge < -0.3 is 10.1 Å². The van der Waals surface area contributed by atoms with E-state index in [1.165, 1.54) is 7.11 Å². The highest BCUT2D eigenvalue weighted by atomic mass is 16.5. The minimum Gasteiger partial charge on any atom is -0.495 e. The van der Waals surface area contributed by atoms with Crippen molar-refractivity contribution in [3.8, 4) is 11.8 Å². The summed E-state index contributed by atoms with van der Waals surface area (Å²) in [5.41, 5.74) is 1.08. The monoisotopic (exact) mass is 245 g/mol. The van der Waals surface area contributed by atoms with E-state index in [-0.39, 0.29) is 19.0 Å². The van der Waals surface area contributed by atoms with Gasteiger partial charge in [0.25, 0.3) is 0 Å². The Hall–Kier alpha value is -2.55. The molecule has 0 aliphatic carbocycles. The summed E-state index contributed by atoms with van der Waals surface area (Å²) in [5, 5.41) is 11.4. The molecule has 3 amide bonds. The lowest BCUT2D eigenvalue weighted by Crippen LogP contribution is -2.30. The summed E-state index contributed by atoms with van der Waals surface area (Å²) in [6.07, 6.45) is 0. The van der Waals surface area contributed by atoms with Gasteiger partial charge in [-0.15, -0.1) is 0 Å². The molecule has 6 heteroatoms. The predicted octanol–water partition coefficient (Wildman–Crippen LogP) is 0.619. The summed E-state index contributed by atoms with van der Waals surface area (Å²) in [4.78, 5) is 23.9. The molecule has 1 fully saturated rings. The first-order valence-electron chi connectivity index (χ1n) is 5.31. The Balaban J connectivity index is 2.22. The van der Waals surface area contributed by atoms with Crippen molar-refractivity contribution in [3.05, 3.63) is 29.3 Å². The van der Waals surface area contributed by atoms with Crippen LogP contribution in [-0.2, 0) is 11.3 Å². The Morgan fingerprint density at radius 1 is 1.50 bits per heavy atom. The summed E-state index contributed by atoms with van der Waals surface area (Å²) in [6.45, 7) is 0.184. The Labute approximate surface area is 104 Å². The van der Waals surface area contributed by atoms with Crippen LogP contribution >= 0.6 is 0 Å². The van der Waals surface area contributed by atoms with Gasteiger partial charge in [0, 0.05) is 0 Å². The number of urea groups is 1. The number of nitriles is 1. The lowest BCUT2D eigenvalue weighted by molar-refractivity contribution is -0.125. The summed E-state index contributed by atoms with van der Waals surface area (Å²) in [7, 11) is 1.48. The smallest absolute Gasteiger partial charge is 0.324 e. The van der Waals surface area contributed by atoms with Crippen LogP contribution in [0.1, 0.15) is 11.1 Å². The molecule has 0 bridgehead atoms. The molecule has 0 radical (unpaired) electrons. The molecule has 1 saturated heterocycles. The molecule has 1 aromatic rings. The van der Waals surface area contributed by atoms with Gasteiger partial charge in [-0.1, -0.05) is 6.07 Å². The van der Waals surface area contributed by atoms with E-state index in [9.17, 15) is 9.59 Å². The number of ether oxygens (including phenoxy) is 1. The number of carbonyl (C=O) groups excluding carboxylic acids is 2. The van der Waals surface area contributed by atoms with E-state index in [1.54, 1.807) is 18.2 Å². The van der Waals surface area contributed by atoms with E-state index in [0.717, 1.165) is 4.90 Å². The quantitative estimate of drug-likeness (QED) is 0.791. The summed E-state index contributed by atoms with van der Waals surface area (Å²) in [6, 6.07) is 6.57. The normalized spacial score (nSPS) is 14.3. The van der Waals surface area contributed by atoms with Gasteiger partial charge in [0.2, 0.25) is 5.91 Å². The number of nitrogens with zero attached hydrogens (tertiary/aromatic N) is 2. The number of benzene rings is 1. The zero-order valence-corrected chi connectivity index (χ0v) is 9.77. The molecule has 0 saturated carbocycles. The van der Waals surface area contributed by atoms with Crippen LogP contribution < -0.4 is 10.1 Å². The average molecular weight is 245 g/mol. The number of carbonyl (C=O) groups is 2. The highest BCUT2D eigenvalue weighted by Gasteiger charge is 2.28. The molecule has 1 heterocycles. The molecular formula is C12H11N3O3. The summed E-state index contributed by atoms with van der Waals surface area (Å²) in [5.74, 6) is 0.202. The largest absolute Gasteiger partial charge is 0.495 e. The fraction of sp³-hybridized carbons (Fsp3) is 0.250. The number of amides is 3. The lowest BCUT2D eigenvalue weighted by Gasteiger charge is -2.13. The van der Waals surface area contributed by atoms with Crippen molar-refractivity contribution in [2.75, 3.05) is 13.7 Å². The molecular weight excluding hydrogens is 234 g/mol. The van der Waals surface area contributed by atoms with Crippen LogP contribution in [0.15, 0.2) is 18.2 Å². The van der Waals surface area contributed by atoms with Crippen LogP contribution in [0, 0.1) is 11.3 Å². The fourth-order valence-electron chi connectivity index (χ4n) is 1.74. The molecule has 0 unspecified atom stereocenters. The molecule has 2 rings (SSSR count). The molecule has 6 nitrogen and oxygen atoms in total. The molecule has 0 aromatic heterocycles. The zero-order valence-electron chi connectivity index (χ0n) is 9.77. The minimum absolute atomic E-state index is 0.0279. The van der Waals surface area contributed by atoms with Crippen molar-refractivity contribution < 1.29 is 14.3 Å². The Kier molecular flexibility index (Phi) is 3.15. The van der Waals surface area contributed by atoms with E-state index in [1.807, 2.05) is 6.07 Å². The highest BCUT2D eigenvalue weighted by molar-refractivity contribution is 6.01. The van der Waals surface area contributed by atoms with E-state index >= 15 is 0 Å². The van der Waals surface area contributed by atoms with Gasteiger partial charge in [-0.3, -0.25) is 9.69 Å². The molecule has 1 N–H and O–H groups in total.